The average molecular weight is 325 g/mol. The summed E-state index contributed by atoms with van der Waals surface area (Å²) in [7, 11) is 1.97. The molecule has 122 valence electrons. The predicted octanol–water partition coefficient (Wildman–Crippen LogP) is 2.58. The Hall–Kier alpha value is -1.26. The third-order valence-corrected chi connectivity index (χ3v) is 4.70. The summed E-state index contributed by atoms with van der Waals surface area (Å²) in [5.74, 6) is 1.08. The van der Waals surface area contributed by atoms with Crippen LogP contribution in [-0.4, -0.2) is 43.6 Å². The molecule has 0 aromatic heterocycles. The molecule has 2 aliphatic rings. The molecule has 1 aromatic rings. The topological polar surface area (TPSA) is 41.6 Å². The minimum atomic E-state index is -0.0452. The molecule has 5 heteroatoms. The molecule has 22 heavy (non-hydrogen) atoms. The molecule has 0 saturated carbocycles. The Morgan fingerprint density at radius 3 is 2.91 bits per heavy atom. The van der Waals surface area contributed by atoms with Crippen molar-refractivity contribution in [1.29, 1.82) is 0 Å². The smallest absolute Gasteiger partial charge is 0.230 e. The van der Waals surface area contributed by atoms with Gasteiger partial charge in [0.05, 0.1) is 12.5 Å². The first-order valence-electron chi connectivity index (χ1n) is 7.96. The zero-order chi connectivity index (χ0) is 14.7. The zero-order valence-electron chi connectivity index (χ0n) is 13.1. The monoisotopic (exact) mass is 324 g/mol. The second-order valence-corrected chi connectivity index (χ2v) is 6.01. The second kappa shape index (κ2) is 7.84. The first kappa shape index (κ1) is 17.1. The third kappa shape index (κ3) is 3.55. The minimum Gasteiger partial charge on any atom is -0.493 e. The van der Waals surface area contributed by atoms with Gasteiger partial charge in [-0.15, -0.1) is 12.4 Å². The molecule has 0 bridgehead atoms. The number of hydrogen-bond donors (Lipinski definition) is 1. The van der Waals surface area contributed by atoms with E-state index in [1.54, 1.807) is 0 Å². The lowest BCUT2D eigenvalue weighted by molar-refractivity contribution is -0.134. The summed E-state index contributed by atoms with van der Waals surface area (Å²) in [4.78, 5) is 14.9. The molecule has 3 rings (SSSR count). The number of amides is 1. The van der Waals surface area contributed by atoms with Crippen LogP contribution in [-0.2, 0) is 4.79 Å². The van der Waals surface area contributed by atoms with Crippen molar-refractivity contribution in [2.45, 2.75) is 37.6 Å². The number of hydrogen-bond acceptors (Lipinski definition) is 3. The molecule has 1 fully saturated rings. The van der Waals surface area contributed by atoms with E-state index in [0.717, 1.165) is 50.1 Å². The van der Waals surface area contributed by atoms with Crippen molar-refractivity contribution >= 4 is 18.3 Å². The standard InChI is InChI=1S/C17H24N2O2.ClH/c1-19(13-5-4-10-18-11-8-13)17(20)15-9-12-21-16-7-3-2-6-14(15)16;/h2-3,6-7,13,15,18H,4-5,8-12H2,1H3;1H. The number of nitrogens with one attached hydrogen (secondary N) is 1. The maximum Gasteiger partial charge on any atom is 0.230 e. The molecular formula is C17H25ClN2O2. The molecule has 1 N–H and O–H groups in total. The van der Waals surface area contributed by atoms with Gasteiger partial charge in [0.2, 0.25) is 5.91 Å². The van der Waals surface area contributed by atoms with Crippen LogP contribution in [0.5, 0.6) is 5.75 Å². The van der Waals surface area contributed by atoms with Gasteiger partial charge in [0.1, 0.15) is 5.75 Å². The maximum atomic E-state index is 12.9. The van der Waals surface area contributed by atoms with Crippen molar-refractivity contribution in [2.75, 3.05) is 26.7 Å². The van der Waals surface area contributed by atoms with Crippen molar-refractivity contribution in [1.82, 2.24) is 10.2 Å². The van der Waals surface area contributed by atoms with Crippen molar-refractivity contribution in [3.05, 3.63) is 29.8 Å². The number of para-hydroxylation sites is 1. The van der Waals surface area contributed by atoms with E-state index in [4.69, 9.17) is 4.74 Å². The predicted molar refractivity (Wildman–Crippen MR) is 89.8 cm³/mol. The van der Waals surface area contributed by atoms with Gasteiger partial charge in [-0.3, -0.25) is 4.79 Å². The lowest BCUT2D eigenvalue weighted by atomic mass is 9.91. The summed E-state index contributed by atoms with van der Waals surface area (Å²) in [5, 5.41) is 3.41. The van der Waals surface area contributed by atoms with Crippen LogP contribution in [0.25, 0.3) is 0 Å². The van der Waals surface area contributed by atoms with Crippen molar-refractivity contribution in [3.8, 4) is 5.75 Å². The molecule has 2 heterocycles. The number of carbonyl (C=O) groups is 1. The Morgan fingerprint density at radius 2 is 2.05 bits per heavy atom. The molecule has 1 aromatic carbocycles. The highest BCUT2D eigenvalue weighted by atomic mass is 35.5. The summed E-state index contributed by atoms with van der Waals surface area (Å²) < 4.78 is 5.67. The Balaban J connectivity index is 0.00000176. The average Bonchev–Trinajstić information content (AvgIpc) is 2.82. The highest BCUT2D eigenvalue weighted by Gasteiger charge is 2.32. The minimum absolute atomic E-state index is 0. The number of likely N-dealkylation sites (N-methyl/N-ethyl adjacent to an activating group) is 1. The summed E-state index contributed by atoms with van der Waals surface area (Å²) in [6, 6.07) is 8.31. The molecule has 4 nitrogen and oxygen atoms in total. The number of rotatable bonds is 2. The maximum absolute atomic E-state index is 12.9. The lowest BCUT2D eigenvalue weighted by Crippen LogP contribution is -2.41. The normalized spacial score (nSPS) is 24.2. The van der Waals surface area contributed by atoms with Gasteiger partial charge >= 0.3 is 0 Å². The first-order valence-corrected chi connectivity index (χ1v) is 7.96. The van der Waals surface area contributed by atoms with Crippen LogP contribution in [0, 0.1) is 0 Å². The highest BCUT2D eigenvalue weighted by Crippen LogP contribution is 2.35. The molecule has 2 aliphatic heterocycles. The SMILES string of the molecule is CN(C(=O)C1CCOc2ccccc21)C1CCCNCC1.Cl. The van der Waals surface area contributed by atoms with Crippen LogP contribution in [0.1, 0.15) is 37.2 Å². The van der Waals surface area contributed by atoms with Crippen LogP contribution in [0.15, 0.2) is 24.3 Å². The molecule has 0 radical (unpaired) electrons. The Labute approximate surface area is 138 Å². The fraction of sp³-hybridized carbons (Fsp3) is 0.588. The molecule has 2 atom stereocenters. The second-order valence-electron chi connectivity index (χ2n) is 6.01. The van der Waals surface area contributed by atoms with E-state index >= 15 is 0 Å². The van der Waals surface area contributed by atoms with Gasteiger partial charge in [-0.1, -0.05) is 18.2 Å². The van der Waals surface area contributed by atoms with Gasteiger partial charge in [-0.25, -0.2) is 0 Å². The van der Waals surface area contributed by atoms with Gasteiger partial charge in [-0.2, -0.15) is 0 Å². The van der Waals surface area contributed by atoms with Crippen LogP contribution in [0.3, 0.4) is 0 Å². The Morgan fingerprint density at radius 1 is 1.23 bits per heavy atom. The zero-order valence-corrected chi connectivity index (χ0v) is 13.9. The van der Waals surface area contributed by atoms with E-state index in [1.165, 1.54) is 0 Å². The quantitative estimate of drug-likeness (QED) is 0.909. The van der Waals surface area contributed by atoms with Crippen molar-refractivity contribution < 1.29 is 9.53 Å². The summed E-state index contributed by atoms with van der Waals surface area (Å²) in [6.07, 6.45) is 4.07. The van der Waals surface area contributed by atoms with Crippen LogP contribution in [0.4, 0.5) is 0 Å². The van der Waals surface area contributed by atoms with E-state index < -0.39 is 0 Å². The van der Waals surface area contributed by atoms with Gasteiger partial charge in [0.25, 0.3) is 0 Å². The Kier molecular flexibility index (Phi) is 6.09. The number of benzene rings is 1. The third-order valence-electron chi connectivity index (χ3n) is 4.70. The molecular weight excluding hydrogens is 300 g/mol. The molecule has 1 amide bonds. The van der Waals surface area contributed by atoms with Crippen molar-refractivity contribution in [3.63, 3.8) is 0 Å². The number of ether oxygens (including phenoxy) is 1. The number of fused-ring (bicyclic) bond motifs is 1. The van der Waals surface area contributed by atoms with E-state index in [-0.39, 0.29) is 24.2 Å². The van der Waals surface area contributed by atoms with Gasteiger partial charge < -0.3 is 15.0 Å². The van der Waals surface area contributed by atoms with Crippen LogP contribution < -0.4 is 10.1 Å². The fourth-order valence-corrected chi connectivity index (χ4v) is 3.41. The number of nitrogens with zero attached hydrogens (tertiary/aromatic N) is 1. The molecule has 2 unspecified atom stereocenters. The fourth-order valence-electron chi connectivity index (χ4n) is 3.41. The number of halogens is 1. The van der Waals surface area contributed by atoms with E-state index in [2.05, 4.69) is 5.32 Å². The van der Waals surface area contributed by atoms with Crippen molar-refractivity contribution in [2.24, 2.45) is 0 Å². The van der Waals surface area contributed by atoms with E-state index in [0.29, 0.717) is 12.6 Å². The molecule has 0 aliphatic carbocycles. The van der Waals surface area contributed by atoms with Gasteiger partial charge in [0.15, 0.2) is 0 Å². The van der Waals surface area contributed by atoms with Crippen LogP contribution >= 0.6 is 12.4 Å². The van der Waals surface area contributed by atoms with E-state index in [1.807, 2.05) is 36.2 Å². The number of carbonyl (C=O) groups excluding carboxylic acids is 1. The molecule has 0 spiro atoms. The highest BCUT2D eigenvalue weighted by molar-refractivity contribution is 5.85. The van der Waals surface area contributed by atoms with Crippen LogP contribution in [0.2, 0.25) is 0 Å². The van der Waals surface area contributed by atoms with Gasteiger partial charge in [-0.05, 0) is 44.8 Å². The summed E-state index contributed by atoms with van der Waals surface area (Å²) in [5.41, 5.74) is 1.05. The molecule has 1 saturated heterocycles. The first-order chi connectivity index (χ1) is 10.3. The Bertz CT molecular complexity index is 501. The summed E-state index contributed by atoms with van der Waals surface area (Å²) >= 11 is 0. The van der Waals surface area contributed by atoms with Gasteiger partial charge in [0, 0.05) is 18.7 Å². The lowest BCUT2D eigenvalue weighted by Gasteiger charge is -2.33. The van der Waals surface area contributed by atoms with E-state index in [9.17, 15) is 4.79 Å². The largest absolute Gasteiger partial charge is 0.493 e. The summed E-state index contributed by atoms with van der Waals surface area (Å²) in [6.45, 7) is 2.71.